The van der Waals surface area contributed by atoms with Crippen LogP contribution in [0.4, 0.5) is 10.1 Å². The number of fused-ring (bicyclic) bond motifs is 1. The van der Waals surface area contributed by atoms with Crippen molar-refractivity contribution in [3.05, 3.63) is 48.2 Å². The van der Waals surface area contributed by atoms with Crippen LogP contribution in [0.2, 0.25) is 0 Å². The molecule has 1 aliphatic heterocycles. The van der Waals surface area contributed by atoms with E-state index in [-0.39, 0.29) is 5.82 Å². The minimum absolute atomic E-state index is 0.346. The van der Waals surface area contributed by atoms with Crippen LogP contribution in [0.25, 0.3) is 17.0 Å². The maximum atomic E-state index is 14.0. The Morgan fingerprint density at radius 2 is 2.04 bits per heavy atom. The van der Waals surface area contributed by atoms with Gasteiger partial charge in [-0.05, 0) is 18.2 Å². The SMILES string of the molecule is Nc1ccc(F)c(-c2cn3cc(CN4CCOCC4)cnc3n2)c1. The fraction of sp³-hybridized carbons (Fsp3) is 0.294. The summed E-state index contributed by atoms with van der Waals surface area (Å²) in [5.41, 5.74) is 8.25. The number of nitrogen functional groups attached to an aromatic ring is 1. The molecule has 1 saturated heterocycles. The van der Waals surface area contributed by atoms with E-state index in [9.17, 15) is 4.39 Å². The van der Waals surface area contributed by atoms with Crippen LogP contribution >= 0.6 is 0 Å². The van der Waals surface area contributed by atoms with Gasteiger partial charge in [-0.3, -0.25) is 9.30 Å². The number of rotatable bonds is 3. The van der Waals surface area contributed by atoms with Crippen LogP contribution in [0, 0.1) is 5.82 Å². The topological polar surface area (TPSA) is 68.7 Å². The highest BCUT2D eigenvalue weighted by Gasteiger charge is 2.13. The Kier molecular flexibility index (Phi) is 3.87. The maximum Gasteiger partial charge on any atom is 0.234 e. The lowest BCUT2D eigenvalue weighted by Crippen LogP contribution is -2.35. The summed E-state index contributed by atoms with van der Waals surface area (Å²) in [6, 6.07) is 4.48. The van der Waals surface area contributed by atoms with E-state index in [1.807, 2.05) is 16.8 Å². The quantitative estimate of drug-likeness (QED) is 0.745. The molecule has 3 aromatic rings. The second kappa shape index (κ2) is 6.18. The number of imidazole rings is 1. The van der Waals surface area contributed by atoms with Gasteiger partial charge < -0.3 is 10.5 Å². The van der Waals surface area contributed by atoms with E-state index in [2.05, 4.69) is 14.9 Å². The molecule has 0 spiro atoms. The molecular weight excluding hydrogens is 309 g/mol. The summed E-state index contributed by atoms with van der Waals surface area (Å²) in [5.74, 6) is 0.193. The minimum atomic E-state index is -0.346. The lowest BCUT2D eigenvalue weighted by Gasteiger charge is -2.26. The molecule has 0 amide bonds. The average Bonchev–Trinajstić information content (AvgIpc) is 3.01. The van der Waals surface area contributed by atoms with Crippen LogP contribution in [0.3, 0.4) is 0 Å². The van der Waals surface area contributed by atoms with Crippen LogP contribution in [0.5, 0.6) is 0 Å². The van der Waals surface area contributed by atoms with Crippen molar-refractivity contribution in [3.63, 3.8) is 0 Å². The van der Waals surface area contributed by atoms with E-state index in [0.29, 0.717) is 22.7 Å². The third kappa shape index (κ3) is 2.95. The number of nitrogens with two attached hydrogens (primary N) is 1. The van der Waals surface area contributed by atoms with Crippen molar-refractivity contribution in [2.45, 2.75) is 6.54 Å². The average molecular weight is 327 g/mol. The molecule has 1 fully saturated rings. The van der Waals surface area contributed by atoms with Crippen LogP contribution in [0.1, 0.15) is 5.56 Å². The number of anilines is 1. The molecule has 0 bridgehead atoms. The van der Waals surface area contributed by atoms with Crippen molar-refractivity contribution in [3.8, 4) is 11.3 Å². The van der Waals surface area contributed by atoms with Crippen molar-refractivity contribution < 1.29 is 9.13 Å². The third-order valence-electron chi connectivity index (χ3n) is 4.14. The number of hydrogen-bond donors (Lipinski definition) is 1. The van der Waals surface area contributed by atoms with Gasteiger partial charge in [0, 0.05) is 55.0 Å². The normalized spacial score (nSPS) is 15.9. The Bertz CT molecular complexity index is 873. The van der Waals surface area contributed by atoms with Gasteiger partial charge in [0.2, 0.25) is 5.78 Å². The molecule has 4 rings (SSSR count). The molecule has 0 unspecified atom stereocenters. The van der Waals surface area contributed by atoms with Crippen molar-refractivity contribution in [1.29, 1.82) is 0 Å². The zero-order chi connectivity index (χ0) is 16.5. The lowest BCUT2D eigenvalue weighted by molar-refractivity contribution is 0.0341. The fourth-order valence-corrected chi connectivity index (χ4v) is 2.90. The number of halogens is 1. The van der Waals surface area contributed by atoms with E-state index < -0.39 is 0 Å². The first-order chi connectivity index (χ1) is 11.7. The molecule has 124 valence electrons. The number of morpholine rings is 1. The summed E-state index contributed by atoms with van der Waals surface area (Å²) in [5, 5.41) is 0. The Morgan fingerprint density at radius 3 is 2.88 bits per heavy atom. The monoisotopic (exact) mass is 327 g/mol. The number of ether oxygens (including phenoxy) is 1. The number of hydrogen-bond acceptors (Lipinski definition) is 5. The molecular formula is C17H18FN5O. The molecule has 6 nitrogen and oxygen atoms in total. The van der Waals surface area contributed by atoms with E-state index in [1.165, 1.54) is 12.1 Å². The molecule has 2 aromatic heterocycles. The molecule has 7 heteroatoms. The van der Waals surface area contributed by atoms with Gasteiger partial charge in [0.05, 0.1) is 18.9 Å². The summed E-state index contributed by atoms with van der Waals surface area (Å²) in [6.45, 7) is 4.18. The van der Waals surface area contributed by atoms with E-state index in [1.54, 1.807) is 12.3 Å². The first-order valence-electron chi connectivity index (χ1n) is 7.88. The summed E-state index contributed by atoms with van der Waals surface area (Å²) in [4.78, 5) is 11.1. The van der Waals surface area contributed by atoms with Gasteiger partial charge >= 0.3 is 0 Å². The standard InChI is InChI=1S/C17H18FN5O/c18-15-2-1-13(19)7-14(15)16-11-23-10-12(8-20-17(23)21-16)9-22-3-5-24-6-4-22/h1-2,7-8,10-11H,3-6,9,19H2. The summed E-state index contributed by atoms with van der Waals surface area (Å²) < 4.78 is 21.2. The number of nitrogens with zero attached hydrogens (tertiary/aromatic N) is 4. The van der Waals surface area contributed by atoms with Gasteiger partial charge in [0.1, 0.15) is 5.82 Å². The predicted molar refractivity (Wildman–Crippen MR) is 88.9 cm³/mol. The lowest BCUT2D eigenvalue weighted by atomic mass is 10.1. The molecule has 1 aromatic carbocycles. The van der Waals surface area contributed by atoms with Crippen LogP contribution in [0.15, 0.2) is 36.8 Å². The van der Waals surface area contributed by atoms with Gasteiger partial charge in [-0.15, -0.1) is 0 Å². The van der Waals surface area contributed by atoms with Gasteiger partial charge in [0.15, 0.2) is 0 Å². The Labute approximate surface area is 138 Å². The maximum absolute atomic E-state index is 14.0. The van der Waals surface area contributed by atoms with Crippen molar-refractivity contribution in [2.75, 3.05) is 32.0 Å². The largest absolute Gasteiger partial charge is 0.399 e. The Morgan fingerprint density at radius 1 is 1.21 bits per heavy atom. The van der Waals surface area contributed by atoms with E-state index in [4.69, 9.17) is 10.5 Å². The molecule has 2 N–H and O–H groups in total. The van der Waals surface area contributed by atoms with Gasteiger partial charge in [-0.2, -0.15) is 0 Å². The minimum Gasteiger partial charge on any atom is -0.399 e. The molecule has 24 heavy (non-hydrogen) atoms. The van der Waals surface area contributed by atoms with E-state index >= 15 is 0 Å². The zero-order valence-corrected chi connectivity index (χ0v) is 13.2. The highest BCUT2D eigenvalue weighted by Crippen LogP contribution is 2.24. The van der Waals surface area contributed by atoms with Gasteiger partial charge in [-0.1, -0.05) is 0 Å². The number of aromatic nitrogens is 3. The second-order valence-corrected chi connectivity index (χ2v) is 5.92. The summed E-state index contributed by atoms with van der Waals surface area (Å²) in [7, 11) is 0. The van der Waals surface area contributed by atoms with Gasteiger partial charge in [0.25, 0.3) is 0 Å². The second-order valence-electron chi connectivity index (χ2n) is 5.92. The zero-order valence-electron chi connectivity index (χ0n) is 13.2. The Hall–Kier alpha value is -2.51. The first-order valence-corrected chi connectivity index (χ1v) is 7.88. The van der Waals surface area contributed by atoms with Crippen molar-refractivity contribution in [2.24, 2.45) is 0 Å². The molecule has 0 radical (unpaired) electrons. The summed E-state index contributed by atoms with van der Waals surface area (Å²) in [6.07, 6.45) is 5.58. The van der Waals surface area contributed by atoms with Crippen LogP contribution in [-0.2, 0) is 11.3 Å². The molecule has 1 aliphatic rings. The Balaban J connectivity index is 1.64. The van der Waals surface area contributed by atoms with E-state index in [0.717, 1.165) is 38.4 Å². The molecule has 0 saturated carbocycles. The molecule has 0 atom stereocenters. The van der Waals surface area contributed by atoms with Crippen molar-refractivity contribution in [1.82, 2.24) is 19.3 Å². The predicted octanol–water partition coefficient (Wildman–Crippen LogP) is 1.95. The highest BCUT2D eigenvalue weighted by atomic mass is 19.1. The third-order valence-corrected chi connectivity index (χ3v) is 4.14. The molecule has 0 aliphatic carbocycles. The molecule has 3 heterocycles. The van der Waals surface area contributed by atoms with Crippen LogP contribution in [-0.4, -0.2) is 45.6 Å². The summed E-state index contributed by atoms with van der Waals surface area (Å²) >= 11 is 0. The number of benzene rings is 1. The first kappa shape index (κ1) is 15.0. The van der Waals surface area contributed by atoms with Crippen molar-refractivity contribution >= 4 is 11.5 Å². The smallest absolute Gasteiger partial charge is 0.234 e. The van der Waals surface area contributed by atoms with Gasteiger partial charge in [-0.25, -0.2) is 14.4 Å². The fourth-order valence-electron chi connectivity index (χ4n) is 2.90. The van der Waals surface area contributed by atoms with Crippen LogP contribution < -0.4 is 5.73 Å². The highest BCUT2D eigenvalue weighted by molar-refractivity contribution is 5.66.